The van der Waals surface area contributed by atoms with Crippen molar-refractivity contribution >= 4 is 22.8 Å². The fraction of sp³-hybridized carbons (Fsp3) is 0.211. The summed E-state index contributed by atoms with van der Waals surface area (Å²) in [4.78, 5) is 21.9. The molecule has 0 aliphatic carbocycles. The minimum absolute atomic E-state index is 0.0783. The van der Waals surface area contributed by atoms with Crippen molar-refractivity contribution < 1.29 is 9.90 Å². The number of anilines is 1. The minimum atomic E-state index is -0.988. The number of aromatic nitrogens is 2. The van der Waals surface area contributed by atoms with Crippen LogP contribution in [0.5, 0.6) is 0 Å². The molecule has 1 aromatic heterocycles. The van der Waals surface area contributed by atoms with Gasteiger partial charge >= 0.3 is 6.09 Å². The van der Waals surface area contributed by atoms with Gasteiger partial charge in [-0.25, -0.2) is 14.8 Å². The number of benzene rings is 2. The van der Waals surface area contributed by atoms with Crippen molar-refractivity contribution in [1.29, 1.82) is 0 Å². The first-order valence-electron chi connectivity index (χ1n) is 8.26. The second kappa shape index (κ2) is 6.39. The highest BCUT2D eigenvalue weighted by Crippen LogP contribution is 2.25. The Morgan fingerprint density at radius 2 is 2.00 bits per heavy atom. The fourth-order valence-electron chi connectivity index (χ4n) is 3.24. The van der Waals surface area contributed by atoms with Gasteiger partial charge in [-0.3, -0.25) is 0 Å². The third-order valence-corrected chi connectivity index (χ3v) is 4.49. The lowest BCUT2D eigenvalue weighted by Crippen LogP contribution is -2.36. The fourth-order valence-corrected chi connectivity index (χ4v) is 3.24. The van der Waals surface area contributed by atoms with Gasteiger partial charge in [0.15, 0.2) is 0 Å². The number of carbonyl (C=O) groups is 1. The molecule has 1 aliphatic rings. The molecule has 126 valence electrons. The van der Waals surface area contributed by atoms with Crippen LogP contribution in [-0.4, -0.2) is 40.3 Å². The van der Waals surface area contributed by atoms with E-state index >= 15 is 0 Å². The van der Waals surface area contributed by atoms with E-state index in [-0.39, 0.29) is 6.04 Å². The Kier molecular flexibility index (Phi) is 3.93. The third-order valence-electron chi connectivity index (χ3n) is 4.49. The highest BCUT2D eigenvalue weighted by Gasteiger charge is 2.25. The molecule has 2 aromatic carbocycles. The third kappa shape index (κ3) is 3.24. The molecule has 0 radical (unpaired) electrons. The molecule has 1 amide bonds. The standard InChI is InChI=1S/C19H18N4O2/c24-19(25)21-16-8-10-23(12-16)18-20-9-7-17(22-18)15-6-5-13-3-1-2-4-14(13)11-15/h1-7,9,11,16,21H,8,10,12H2,(H,24,25)/t16-/m0/s1. The normalized spacial score (nSPS) is 17.0. The Morgan fingerprint density at radius 1 is 1.16 bits per heavy atom. The smallest absolute Gasteiger partial charge is 0.404 e. The number of nitrogens with one attached hydrogen (secondary N) is 1. The molecule has 0 spiro atoms. The number of amides is 1. The van der Waals surface area contributed by atoms with Crippen LogP contribution in [0.15, 0.2) is 54.7 Å². The topological polar surface area (TPSA) is 78.4 Å². The lowest BCUT2D eigenvalue weighted by atomic mass is 10.1. The predicted octanol–water partition coefficient (Wildman–Crippen LogP) is 3.14. The highest BCUT2D eigenvalue weighted by atomic mass is 16.4. The zero-order chi connectivity index (χ0) is 17.2. The Labute approximate surface area is 145 Å². The van der Waals surface area contributed by atoms with Crippen molar-refractivity contribution in [2.24, 2.45) is 0 Å². The second-order valence-corrected chi connectivity index (χ2v) is 6.18. The largest absolute Gasteiger partial charge is 0.465 e. The highest BCUT2D eigenvalue weighted by molar-refractivity contribution is 5.86. The number of nitrogens with zero attached hydrogens (tertiary/aromatic N) is 3. The van der Waals surface area contributed by atoms with E-state index in [9.17, 15) is 4.79 Å². The lowest BCUT2D eigenvalue weighted by Gasteiger charge is -2.17. The van der Waals surface area contributed by atoms with Crippen molar-refractivity contribution in [3.05, 3.63) is 54.7 Å². The zero-order valence-electron chi connectivity index (χ0n) is 13.6. The van der Waals surface area contributed by atoms with Crippen LogP contribution in [0.25, 0.3) is 22.0 Å². The van der Waals surface area contributed by atoms with Gasteiger partial charge in [-0.15, -0.1) is 0 Å². The van der Waals surface area contributed by atoms with E-state index in [0.29, 0.717) is 12.5 Å². The average Bonchev–Trinajstić information content (AvgIpc) is 3.09. The van der Waals surface area contributed by atoms with E-state index in [1.807, 2.05) is 23.1 Å². The molecule has 25 heavy (non-hydrogen) atoms. The molecular formula is C19H18N4O2. The minimum Gasteiger partial charge on any atom is -0.465 e. The van der Waals surface area contributed by atoms with Crippen LogP contribution in [0, 0.1) is 0 Å². The summed E-state index contributed by atoms with van der Waals surface area (Å²) in [7, 11) is 0. The van der Waals surface area contributed by atoms with E-state index in [4.69, 9.17) is 5.11 Å². The van der Waals surface area contributed by atoms with Crippen molar-refractivity contribution in [3.8, 4) is 11.3 Å². The van der Waals surface area contributed by atoms with Crippen LogP contribution in [0.1, 0.15) is 6.42 Å². The van der Waals surface area contributed by atoms with E-state index in [1.165, 1.54) is 10.8 Å². The van der Waals surface area contributed by atoms with Gasteiger partial charge < -0.3 is 15.3 Å². The van der Waals surface area contributed by atoms with Gasteiger partial charge in [0.05, 0.1) is 11.7 Å². The van der Waals surface area contributed by atoms with Gasteiger partial charge in [-0.1, -0.05) is 36.4 Å². The van der Waals surface area contributed by atoms with Crippen LogP contribution in [0.3, 0.4) is 0 Å². The summed E-state index contributed by atoms with van der Waals surface area (Å²) >= 11 is 0. The maximum absolute atomic E-state index is 10.8. The monoisotopic (exact) mass is 334 g/mol. The Morgan fingerprint density at radius 3 is 2.84 bits per heavy atom. The number of rotatable bonds is 3. The molecule has 6 nitrogen and oxygen atoms in total. The van der Waals surface area contributed by atoms with Crippen LogP contribution >= 0.6 is 0 Å². The van der Waals surface area contributed by atoms with Crippen LogP contribution in [0.4, 0.5) is 10.7 Å². The Bertz CT molecular complexity index is 928. The summed E-state index contributed by atoms with van der Waals surface area (Å²) in [5.74, 6) is 0.639. The van der Waals surface area contributed by atoms with Gasteiger partial charge in [0, 0.05) is 24.8 Å². The van der Waals surface area contributed by atoms with Crippen LogP contribution in [-0.2, 0) is 0 Å². The molecule has 3 aromatic rings. The number of hydrogen-bond donors (Lipinski definition) is 2. The molecule has 6 heteroatoms. The SMILES string of the molecule is O=C(O)N[C@H]1CCN(c2nccc(-c3ccc4ccccc4c3)n2)C1. The molecule has 0 bridgehead atoms. The van der Waals surface area contributed by atoms with Gasteiger partial charge in [0.1, 0.15) is 0 Å². The van der Waals surface area contributed by atoms with Gasteiger partial charge in [0.25, 0.3) is 0 Å². The quantitative estimate of drug-likeness (QED) is 0.769. The van der Waals surface area contributed by atoms with E-state index < -0.39 is 6.09 Å². The van der Waals surface area contributed by atoms with Gasteiger partial charge in [0.2, 0.25) is 5.95 Å². The van der Waals surface area contributed by atoms with Crippen molar-refractivity contribution in [2.75, 3.05) is 18.0 Å². The van der Waals surface area contributed by atoms with Crippen molar-refractivity contribution in [3.63, 3.8) is 0 Å². The Hall–Kier alpha value is -3.15. The van der Waals surface area contributed by atoms with Crippen LogP contribution in [0.2, 0.25) is 0 Å². The summed E-state index contributed by atoms with van der Waals surface area (Å²) in [5, 5.41) is 13.7. The summed E-state index contributed by atoms with van der Waals surface area (Å²) in [6, 6.07) is 16.3. The second-order valence-electron chi connectivity index (χ2n) is 6.18. The molecule has 1 fully saturated rings. The van der Waals surface area contributed by atoms with Gasteiger partial charge in [-0.2, -0.15) is 0 Å². The number of fused-ring (bicyclic) bond motifs is 1. The molecule has 2 heterocycles. The van der Waals surface area contributed by atoms with E-state index in [0.717, 1.165) is 24.2 Å². The number of carboxylic acid groups (broad SMARTS) is 1. The molecule has 4 rings (SSSR count). The molecule has 1 saturated heterocycles. The predicted molar refractivity (Wildman–Crippen MR) is 96.8 cm³/mol. The maximum Gasteiger partial charge on any atom is 0.404 e. The van der Waals surface area contributed by atoms with E-state index in [2.05, 4.69) is 45.6 Å². The summed E-state index contributed by atoms with van der Waals surface area (Å²) in [6.45, 7) is 1.33. The first-order valence-corrected chi connectivity index (χ1v) is 8.26. The molecule has 1 atom stereocenters. The Balaban J connectivity index is 1.59. The van der Waals surface area contributed by atoms with Crippen molar-refractivity contribution in [1.82, 2.24) is 15.3 Å². The first kappa shape index (κ1) is 15.4. The van der Waals surface area contributed by atoms with Crippen molar-refractivity contribution in [2.45, 2.75) is 12.5 Å². The molecular weight excluding hydrogens is 316 g/mol. The van der Waals surface area contributed by atoms with Crippen LogP contribution < -0.4 is 10.2 Å². The number of hydrogen-bond acceptors (Lipinski definition) is 4. The summed E-state index contributed by atoms with van der Waals surface area (Å²) in [5.41, 5.74) is 1.91. The molecule has 1 aliphatic heterocycles. The van der Waals surface area contributed by atoms with E-state index in [1.54, 1.807) is 6.20 Å². The van der Waals surface area contributed by atoms with Gasteiger partial charge in [-0.05, 0) is 29.3 Å². The first-order chi connectivity index (χ1) is 12.2. The summed E-state index contributed by atoms with van der Waals surface area (Å²) in [6.07, 6.45) is 1.53. The summed E-state index contributed by atoms with van der Waals surface area (Å²) < 4.78 is 0. The average molecular weight is 334 g/mol. The molecule has 0 saturated carbocycles. The lowest BCUT2D eigenvalue weighted by molar-refractivity contribution is 0.191. The zero-order valence-corrected chi connectivity index (χ0v) is 13.6. The maximum atomic E-state index is 10.8. The molecule has 2 N–H and O–H groups in total. The molecule has 0 unspecified atom stereocenters.